The quantitative estimate of drug-likeness (QED) is 0.889. The van der Waals surface area contributed by atoms with Crippen LogP contribution in [0.2, 0.25) is 0 Å². The number of nitrogens with one attached hydrogen (secondary N) is 2. The number of halogens is 1. The van der Waals surface area contributed by atoms with Gasteiger partial charge in [-0.05, 0) is 44.0 Å². The van der Waals surface area contributed by atoms with Crippen LogP contribution in [0.3, 0.4) is 0 Å². The summed E-state index contributed by atoms with van der Waals surface area (Å²) in [5.41, 5.74) is 2.41. The average Bonchev–Trinajstić information content (AvgIpc) is 3.05. The number of H-pyrrole nitrogens is 1. The number of hydrogen-bond donors (Lipinski definition) is 2. The van der Waals surface area contributed by atoms with Gasteiger partial charge in [0.2, 0.25) is 0 Å². The minimum atomic E-state index is -0.173. The van der Waals surface area contributed by atoms with Gasteiger partial charge in [0.05, 0.1) is 11.9 Å². The highest BCUT2D eigenvalue weighted by Gasteiger charge is 2.16. The summed E-state index contributed by atoms with van der Waals surface area (Å²) >= 11 is 0. The molecule has 1 fully saturated rings. The standard InChI is InChI=1S/C15H18FN3/c1-10-2-3-12(7-13(10)16)14-9-18-15(19-14)6-11-4-5-17-8-11/h2-3,7,9,11,17H,4-6,8H2,1H3,(H,18,19). The third-order valence-electron chi connectivity index (χ3n) is 3.76. The van der Waals surface area contributed by atoms with Crippen LogP contribution in [-0.4, -0.2) is 23.1 Å². The van der Waals surface area contributed by atoms with Crippen molar-refractivity contribution in [3.05, 3.63) is 41.6 Å². The van der Waals surface area contributed by atoms with E-state index in [1.807, 2.05) is 6.07 Å². The molecule has 3 nitrogen and oxygen atoms in total. The highest BCUT2D eigenvalue weighted by atomic mass is 19.1. The Bertz CT molecular complexity index is 571. The largest absolute Gasteiger partial charge is 0.342 e. The van der Waals surface area contributed by atoms with Gasteiger partial charge in [0.1, 0.15) is 11.6 Å². The van der Waals surface area contributed by atoms with Gasteiger partial charge in [-0.15, -0.1) is 0 Å². The molecule has 1 unspecified atom stereocenters. The molecule has 4 heteroatoms. The van der Waals surface area contributed by atoms with Gasteiger partial charge in [-0.1, -0.05) is 12.1 Å². The molecular weight excluding hydrogens is 241 g/mol. The van der Waals surface area contributed by atoms with Crippen molar-refractivity contribution in [1.29, 1.82) is 0 Å². The summed E-state index contributed by atoms with van der Waals surface area (Å²) in [6.45, 7) is 3.93. The molecule has 100 valence electrons. The normalized spacial score (nSPS) is 18.9. The highest BCUT2D eigenvalue weighted by Crippen LogP contribution is 2.21. The van der Waals surface area contributed by atoms with Crippen LogP contribution >= 0.6 is 0 Å². The van der Waals surface area contributed by atoms with Gasteiger partial charge in [-0.25, -0.2) is 9.37 Å². The second-order valence-corrected chi connectivity index (χ2v) is 5.27. The van der Waals surface area contributed by atoms with Crippen LogP contribution in [0.15, 0.2) is 24.4 Å². The maximum absolute atomic E-state index is 13.6. The predicted molar refractivity (Wildman–Crippen MR) is 73.4 cm³/mol. The van der Waals surface area contributed by atoms with Gasteiger partial charge in [-0.3, -0.25) is 0 Å². The maximum Gasteiger partial charge on any atom is 0.126 e. The first-order valence-corrected chi connectivity index (χ1v) is 6.73. The third-order valence-corrected chi connectivity index (χ3v) is 3.76. The van der Waals surface area contributed by atoms with Gasteiger partial charge in [0, 0.05) is 12.0 Å². The average molecular weight is 259 g/mol. The van der Waals surface area contributed by atoms with Crippen LogP contribution in [0.25, 0.3) is 11.3 Å². The number of rotatable bonds is 3. The summed E-state index contributed by atoms with van der Waals surface area (Å²) < 4.78 is 13.6. The Morgan fingerprint density at radius 1 is 1.42 bits per heavy atom. The second kappa shape index (κ2) is 5.13. The lowest BCUT2D eigenvalue weighted by Gasteiger charge is -2.04. The molecule has 1 saturated heterocycles. The molecule has 2 heterocycles. The number of aromatic nitrogens is 2. The number of hydrogen-bond acceptors (Lipinski definition) is 2. The van der Waals surface area contributed by atoms with Gasteiger partial charge < -0.3 is 10.3 Å². The minimum absolute atomic E-state index is 0.173. The van der Waals surface area contributed by atoms with Crippen LogP contribution in [0.1, 0.15) is 17.8 Å². The van der Waals surface area contributed by atoms with E-state index in [4.69, 9.17) is 0 Å². The molecule has 1 aromatic carbocycles. The van der Waals surface area contributed by atoms with Gasteiger partial charge in [0.15, 0.2) is 0 Å². The summed E-state index contributed by atoms with van der Waals surface area (Å²) in [5, 5.41) is 3.35. The molecule has 19 heavy (non-hydrogen) atoms. The Morgan fingerprint density at radius 2 is 2.32 bits per heavy atom. The van der Waals surface area contributed by atoms with Crippen molar-refractivity contribution in [3.8, 4) is 11.3 Å². The molecule has 0 spiro atoms. The Morgan fingerprint density at radius 3 is 3.05 bits per heavy atom. The molecule has 0 amide bonds. The van der Waals surface area contributed by atoms with Crippen molar-refractivity contribution >= 4 is 0 Å². The monoisotopic (exact) mass is 259 g/mol. The van der Waals surface area contributed by atoms with E-state index in [1.54, 1.807) is 25.3 Å². The van der Waals surface area contributed by atoms with E-state index in [0.717, 1.165) is 36.6 Å². The topological polar surface area (TPSA) is 40.7 Å². The zero-order valence-corrected chi connectivity index (χ0v) is 11.0. The maximum atomic E-state index is 13.6. The van der Waals surface area contributed by atoms with Crippen molar-refractivity contribution in [2.24, 2.45) is 5.92 Å². The van der Waals surface area contributed by atoms with Crippen molar-refractivity contribution < 1.29 is 4.39 Å². The van der Waals surface area contributed by atoms with E-state index >= 15 is 0 Å². The van der Waals surface area contributed by atoms with Crippen molar-refractivity contribution in [1.82, 2.24) is 15.3 Å². The lowest BCUT2D eigenvalue weighted by atomic mass is 10.1. The Balaban J connectivity index is 1.78. The Hall–Kier alpha value is -1.68. The zero-order chi connectivity index (χ0) is 13.2. The van der Waals surface area contributed by atoms with E-state index in [1.165, 1.54) is 6.42 Å². The van der Waals surface area contributed by atoms with Crippen molar-refractivity contribution in [2.45, 2.75) is 19.8 Å². The SMILES string of the molecule is Cc1ccc(-c2cnc(CC3CCNC3)[nH]2)cc1F. The highest BCUT2D eigenvalue weighted by molar-refractivity contribution is 5.59. The molecule has 1 aliphatic rings. The molecule has 3 rings (SSSR count). The fourth-order valence-corrected chi connectivity index (χ4v) is 2.54. The number of nitrogens with zero attached hydrogens (tertiary/aromatic N) is 1. The molecule has 0 aliphatic carbocycles. The summed E-state index contributed by atoms with van der Waals surface area (Å²) in [5.74, 6) is 1.48. The molecule has 0 saturated carbocycles. The van der Waals surface area contributed by atoms with Crippen molar-refractivity contribution in [3.63, 3.8) is 0 Å². The summed E-state index contributed by atoms with van der Waals surface area (Å²) in [4.78, 5) is 7.70. The minimum Gasteiger partial charge on any atom is -0.342 e. The molecule has 1 aliphatic heterocycles. The number of benzene rings is 1. The van der Waals surface area contributed by atoms with E-state index in [9.17, 15) is 4.39 Å². The first-order chi connectivity index (χ1) is 9.22. The molecule has 1 aromatic heterocycles. The van der Waals surface area contributed by atoms with Crippen molar-refractivity contribution in [2.75, 3.05) is 13.1 Å². The lowest BCUT2D eigenvalue weighted by molar-refractivity contribution is 0.565. The number of imidazole rings is 1. The second-order valence-electron chi connectivity index (χ2n) is 5.27. The molecule has 2 N–H and O–H groups in total. The van der Waals surface area contributed by atoms with Crippen LogP contribution < -0.4 is 5.32 Å². The van der Waals surface area contributed by atoms with E-state index < -0.39 is 0 Å². The van der Waals surface area contributed by atoms with Crippen LogP contribution in [0.5, 0.6) is 0 Å². The number of aryl methyl sites for hydroxylation is 1. The Kier molecular flexibility index (Phi) is 3.34. The Labute approximate surface area is 112 Å². The van der Waals surface area contributed by atoms with E-state index in [2.05, 4.69) is 15.3 Å². The summed E-state index contributed by atoms with van der Waals surface area (Å²) in [7, 11) is 0. The first kappa shape index (κ1) is 12.4. The van der Waals surface area contributed by atoms with Crippen LogP contribution in [0.4, 0.5) is 4.39 Å². The van der Waals surface area contributed by atoms with Crippen LogP contribution in [-0.2, 0) is 6.42 Å². The van der Waals surface area contributed by atoms with Gasteiger partial charge >= 0.3 is 0 Å². The van der Waals surface area contributed by atoms with E-state index in [-0.39, 0.29) is 5.82 Å². The van der Waals surface area contributed by atoms with Gasteiger partial charge in [0.25, 0.3) is 0 Å². The van der Waals surface area contributed by atoms with Crippen LogP contribution in [0, 0.1) is 18.7 Å². The fraction of sp³-hybridized carbons (Fsp3) is 0.400. The fourth-order valence-electron chi connectivity index (χ4n) is 2.54. The third kappa shape index (κ3) is 2.68. The lowest BCUT2D eigenvalue weighted by Crippen LogP contribution is -2.11. The summed E-state index contributed by atoms with van der Waals surface area (Å²) in [6.07, 6.45) is 3.96. The van der Waals surface area contributed by atoms with Gasteiger partial charge in [-0.2, -0.15) is 0 Å². The molecule has 2 aromatic rings. The molecular formula is C15H18FN3. The smallest absolute Gasteiger partial charge is 0.126 e. The molecule has 0 radical (unpaired) electrons. The predicted octanol–water partition coefficient (Wildman–Crippen LogP) is 2.68. The van der Waals surface area contributed by atoms with E-state index in [0.29, 0.717) is 11.5 Å². The summed E-state index contributed by atoms with van der Waals surface area (Å²) in [6, 6.07) is 5.28. The zero-order valence-electron chi connectivity index (χ0n) is 11.0. The number of aromatic amines is 1. The molecule has 0 bridgehead atoms. The molecule has 1 atom stereocenters. The first-order valence-electron chi connectivity index (χ1n) is 6.73.